The second-order valence-corrected chi connectivity index (χ2v) is 8.12. The number of rotatable bonds is 1. The molecule has 1 aliphatic carbocycles. The molecular weight excluding hydrogens is 363 g/mol. The summed E-state index contributed by atoms with van der Waals surface area (Å²) in [5, 5.41) is 9.66. The Hall–Kier alpha value is -1.61. The van der Waals surface area contributed by atoms with Gasteiger partial charge in [-0.15, -0.1) is 0 Å². The van der Waals surface area contributed by atoms with E-state index in [1.54, 1.807) is 17.0 Å². The Labute approximate surface area is 143 Å². The monoisotopic (exact) mass is 380 g/mol. The minimum absolute atomic E-state index is 0.0318. The van der Waals surface area contributed by atoms with Crippen molar-refractivity contribution in [3.63, 3.8) is 0 Å². The van der Waals surface area contributed by atoms with Crippen molar-refractivity contribution in [3.05, 3.63) is 34.1 Å². The summed E-state index contributed by atoms with van der Waals surface area (Å²) in [4.78, 5) is 13.7. The number of halogens is 2. The number of fused-ring (bicyclic) bond motifs is 1. The van der Waals surface area contributed by atoms with E-state index in [0.29, 0.717) is 23.1 Å². The van der Waals surface area contributed by atoms with E-state index in [1.807, 2.05) is 20.8 Å². The van der Waals surface area contributed by atoms with E-state index < -0.39 is 11.0 Å². The number of hydrogen-bond acceptors (Lipinski definition) is 3. The summed E-state index contributed by atoms with van der Waals surface area (Å²) >= 11 is 3.23. The number of hydrogen-bond donors (Lipinski definition) is 0. The number of amides is 1. The van der Waals surface area contributed by atoms with E-state index in [-0.39, 0.29) is 23.7 Å². The van der Waals surface area contributed by atoms with Crippen LogP contribution in [0.4, 0.5) is 9.18 Å². The number of carbonyl (C=O) groups is 1. The lowest BCUT2D eigenvalue weighted by Gasteiger charge is -2.27. The molecule has 6 heteroatoms. The van der Waals surface area contributed by atoms with Crippen LogP contribution in [0.5, 0.6) is 0 Å². The quantitative estimate of drug-likeness (QED) is 0.743. The number of ether oxygens (including phenoxy) is 1. The maximum Gasteiger partial charge on any atom is 0.410 e. The fourth-order valence-electron chi connectivity index (χ4n) is 3.56. The van der Waals surface area contributed by atoms with Gasteiger partial charge in [-0.2, -0.15) is 5.26 Å². The second kappa shape index (κ2) is 5.20. The van der Waals surface area contributed by atoms with Crippen LogP contribution in [0.3, 0.4) is 0 Å². The molecule has 1 amide bonds. The zero-order chi connectivity index (χ0) is 17.0. The van der Waals surface area contributed by atoms with Crippen LogP contribution < -0.4 is 0 Å². The van der Waals surface area contributed by atoms with E-state index >= 15 is 0 Å². The van der Waals surface area contributed by atoms with Gasteiger partial charge in [0.25, 0.3) is 0 Å². The van der Waals surface area contributed by atoms with E-state index in [1.165, 1.54) is 6.07 Å². The summed E-state index contributed by atoms with van der Waals surface area (Å²) in [5.74, 6) is -0.439. The molecule has 3 atom stereocenters. The van der Waals surface area contributed by atoms with Crippen molar-refractivity contribution in [2.45, 2.75) is 31.8 Å². The third-order valence-electron chi connectivity index (χ3n) is 4.59. The Bertz CT molecular complexity index is 696. The van der Waals surface area contributed by atoms with Gasteiger partial charge < -0.3 is 9.64 Å². The molecule has 1 aromatic rings. The topological polar surface area (TPSA) is 53.3 Å². The molecule has 0 spiro atoms. The average molecular weight is 381 g/mol. The summed E-state index contributed by atoms with van der Waals surface area (Å²) in [6, 6.07) is 7.10. The molecule has 1 heterocycles. The fourth-order valence-corrected chi connectivity index (χ4v) is 3.89. The molecule has 2 fully saturated rings. The van der Waals surface area contributed by atoms with Gasteiger partial charge in [-0.05, 0) is 32.9 Å². The Morgan fingerprint density at radius 2 is 2.04 bits per heavy atom. The molecule has 1 saturated heterocycles. The van der Waals surface area contributed by atoms with Gasteiger partial charge in [-0.3, -0.25) is 0 Å². The molecule has 3 rings (SSSR count). The van der Waals surface area contributed by atoms with Crippen molar-refractivity contribution in [1.29, 1.82) is 5.26 Å². The number of benzene rings is 1. The molecule has 1 aromatic carbocycles. The maximum absolute atomic E-state index is 14.3. The first-order valence-electron chi connectivity index (χ1n) is 7.54. The van der Waals surface area contributed by atoms with Crippen LogP contribution >= 0.6 is 15.9 Å². The van der Waals surface area contributed by atoms with Gasteiger partial charge in [-0.1, -0.05) is 22.0 Å². The SMILES string of the molecule is CC(C)(C)OC(=O)N1C[C@@H]2[C@H](C1)C2(C#N)c1ccc(Br)cc1F. The summed E-state index contributed by atoms with van der Waals surface area (Å²) in [6.07, 6.45) is -0.368. The summed E-state index contributed by atoms with van der Waals surface area (Å²) in [7, 11) is 0. The Morgan fingerprint density at radius 3 is 2.52 bits per heavy atom. The number of piperidine rings is 1. The molecule has 2 aliphatic rings. The molecule has 0 radical (unpaired) electrons. The van der Waals surface area contributed by atoms with Crippen molar-refractivity contribution in [2.75, 3.05) is 13.1 Å². The van der Waals surface area contributed by atoms with Gasteiger partial charge >= 0.3 is 6.09 Å². The standard InChI is InChI=1S/C17H18BrFN2O2/c1-16(2,3)23-15(22)21-7-12-13(8-21)17(12,9-20)11-5-4-10(18)6-14(11)19/h4-6,12-13H,7-8H2,1-3H3/t12-,13+,17?. The van der Waals surface area contributed by atoms with Crippen LogP contribution in [0.2, 0.25) is 0 Å². The van der Waals surface area contributed by atoms with E-state index in [4.69, 9.17) is 4.74 Å². The lowest BCUT2D eigenvalue weighted by Crippen LogP contribution is -2.39. The summed E-state index contributed by atoms with van der Waals surface area (Å²) < 4.78 is 20.3. The lowest BCUT2D eigenvalue weighted by atomic mass is 9.91. The van der Waals surface area contributed by atoms with Gasteiger partial charge in [0.1, 0.15) is 11.4 Å². The summed E-state index contributed by atoms with van der Waals surface area (Å²) in [6.45, 7) is 6.32. The van der Waals surface area contributed by atoms with Crippen LogP contribution in [0, 0.1) is 29.0 Å². The van der Waals surface area contributed by atoms with Gasteiger partial charge in [0, 0.05) is 35.0 Å². The van der Waals surface area contributed by atoms with Crippen LogP contribution in [0.1, 0.15) is 26.3 Å². The molecular formula is C17H18BrFN2O2. The van der Waals surface area contributed by atoms with Crippen molar-refractivity contribution in [1.82, 2.24) is 4.90 Å². The predicted molar refractivity (Wildman–Crippen MR) is 86.2 cm³/mol. The highest BCUT2D eigenvalue weighted by molar-refractivity contribution is 9.10. The average Bonchev–Trinajstić information content (AvgIpc) is 2.81. The number of carbonyl (C=O) groups excluding carboxylic acids is 1. The first-order chi connectivity index (χ1) is 10.7. The second-order valence-electron chi connectivity index (χ2n) is 7.20. The molecule has 122 valence electrons. The van der Waals surface area contributed by atoms with Gasteiger partial charge in [0.15, 0.2) is 0 Å². The Kier molecular flexibility index (Phi) is 3.68. The zero-order valence-corrected chi connectivity index (χ0v) is 14.9. The van der Waals surface area contributed by atoms with Crippen molar-refractivity contribution >= 4 is 22.0 Å². The highest BCUT2D eigenvalue weighted by Gasteiger charge is 2.71. The number of likely N-dealkylation sites (tertiary alicyclic amines) is 1. The molecule has 23 heavy (non-hydrogen) atoms. The van der Waals surface area contributed by atoms with Crippen LogP contribution in [0.15, 0.2) is 22.7 Å². The lowest BCUT2D eigenvalue weighted by molar-refractivity contribution is 0.0266. The highest BCUT2D eigenvalue weighted by atomic mass is 79.9. The molecule has 0 N–H and O–H groups in total. The Balaban J connectivity index is 1.77. The number of nitriles is 1. The van der Waals surface area contributed by atoms with Gasteiger partial charge in [0.05, 0.1) is 11.5 Å². The summed E-state index contributed by atoms with van der Waals surface area (Å²) in [5.41, 5.74) is -0.931. The predicted octanol–water partition coefficient (Wildman–Crippen LogP) is 3.85. The molecule has 0 aromatic heterocycles. The molecule has 1 saturated carbocycles. The molecule has 1 aliphatic heterocycles. The fraction of sp³-hybridized carbons (Fsp3) is 0.529. The maximum atomic E-state index is 14.3. The number of nitrogens with zero attached hydrogens (tertiary/aromatic N) is 2. The first-order valence-corrected chi connectivity index (χ1v) is 8.33. The molecule has 0 bridgehead atoms. The van der Waals surface area contributed by atoms with Crippen LogP contribution in [-0.4, -0.2) is 29.7 Å². The van der Waals surface area contributed by atoms with E-state index in [0.717, 1.165) is 0 Å². The molecule has 4 nitrogen and oxygen atoms in total. The Morgan fingerprint density at radius 1 is 1.43 bits per heavy atom. The third-order valence-corrected chi connectivity index (χ3v) is 5.09. The van der Waals surface area contributed by atoms with Gasteiger partial charge in [-0.25, -0.2) is 9.18 Å². The van der Waals surface area contributed by atoms with Crippen LogP contribution in [-0.2, 0) is 10.2 Å². The normalized spacial score (nSPS) is 29.0. The molecule has 1 unspecified atom stereocenters. The van der Waals surface area contributed by atoms with Gasteiger partial charge in [0.2, 0.25) is 0 Å². The van der Waals surface area contributed by atoms with E-state index in [2.05, 4.69) is 22.0 Å². The van der Waals surface area contributed by atoms with Crippen molar-refractivity contribution in [3.8, 4) is 6.07 Å². The minimum Gasteiger partial charge on any atom is -0.444 e. The highest BCUT2D eigenvalue weighted by Crippen LogP contribution is 2.63. The largest absolute Gasteiger partial charge is 0.444 e. The zero-order valence-electron chi connectivity index (χ0n) is 13.3. The smallest absolute Gasteiger partial charge is 0.410 e. The van der Waals surface area contributed by atoms with Crippen molar-refractivity contribution < 1.29 is 13.9 Å². The third kappa shape index (κ3) is 2.61. The minimum atomic E-state index is -0.816. The van der Waals surface area contributed by atoms with E-state index in [9.17, 15) is 14.4 Å². The first kappa shape index (κ1) is 16.3. The van der Waals surface area contributed by atoms with Crippen LogP contribution in [0.25, 0.3) is 0 Å². The van der Waals surface area contributed by atoms with Crippen molar-refractivity contribution in [2.24, 2.45) is 11.8 Å².